The van der Waals surface area contributed by atoms with Crippen molar-refractivity contribution in [2.45, 2.75) is 45.1 Å². The van der Waals surface area contributed by atoms with Crippen LogP contribution in [-0.4, -0.2) is 41.9 Å². The van der Waals surface area contributed by atoms with Crippen LogP contribution in [0.2, 0.25) is 0 Å². The molecule has 3 nitrogen and oxygen atoms in total. The van der Waals surface area contributed by atoms with Crippen molar-refractivity contribution in [1.82, 2.24) is 9.80 Å². The zero-order valence-electron chi connectivity index (χ0n) is 16.5. The fourth-order valence-corrected chi connectivity index (χ4v) is 3.98. The minimum atomic E-state index is 0.259. The highest BCUT2D eigenvalue weighted by Gasteiger charge is 2.27. The summed E-state index contributed by atoms with van der Waals surface area (Å²) >= 11 is 0. The van der Waals surface area contributed by atoms with Gasteiger partial charge in [0.05, 0.1) is 6.04 Å². The van der Waals surface area contributed by atoms with Crippen molar-refractivity contribution in [2.24, 2.45) is 0 Å². The van der Waals surface area contributed by atoms with Crippen molar-refractivity contribution in [3.63, 3.8) is 0 Å². The Balaban J connectivity index is 1.62. The standard InChI is InChI=1S/C24H32N2O/c1-2-3-4-11-16-23(27)25-17-19-26(20-18-25)24(21-12-7-5-8-13-21)22-14-9-6-10-15-22/h5-10,12-15,24H,2-4,11,16-20H2,1H3. The second-order valence-corrected chi connectivity index (χ2v) is 7.45. The Morgan fingerprint density at radius 3 is 1.89 bits per heavy atom. The van der Waals surface area contributed by atoms with E-state index >= 15 is 0 Å². The lowest BCUT2D eigenvalue weighted by atomic mass is 9.96. The highest BCUT2D eigenvalue weighted by atomic mass is 16.2. The number of carbonyl (C=O) groups excluding carboxylic acids is 1. The van der Waals surface area contributed by atoms with Crippen LogP contribution in [-0.2, 0) is 4.79 Å². The molecule has 0 unspecified atom stereocenters. The van der Waals surface area contributed by atoms with Gasteiger partial charge in [-0.25, -0.2) is 0 Å². The van der Waals surface area contributed by atoms with Gasteiger partial charge < -0.3 is 4.90 Å². The number of nitrogens with zero attached hydrogens (tertiary/aromatic N) is 2. The molecule has 3 heteroatoms. The maximum absolute atomic E-state index is 12.5. The van der Waals surface area contributed by atoms with E-state index in [1.165, 1.54) is 30.4 Å². The maximum atomic E-state index is 12.5. The first-order chi connectivity index (χ1) is 13.3. The zero-order valence-corrected chi connectivity index (χ0v) is 16.5. The second-order valence-electron chi connectivity index (χ2n) is 7.45. The molecule has 0 aliphatic carbocycles. The van der Waals surface area contributed by atoms with Gasteiger partial charge in [0.1, 0.15) is 0 Å². The summed E-state index contributed by atoms with van der Waals surface area (Å²) < 4.78 is 0. The summed E-state index contributed by atoms with van der Waals surface area (Å²) in [7, 11) is 0. The molecule has 2 aromatic rings. The van der Waals surface area contributed by atoms with Crippen LogP contribution in [0.1, 0.15) is 56.2 Å². The van der Waals surface area contributed by atoms with Crippen LogP contribution in [0.25, 0.3) is 0 Å². The average Bonchev–Trinajstić information content (AvgIpc) is 2.73. The molecule has 3 rings (SSSR count). The predicted molar refractivity (Wildman–Crippen MR) is 112 cm³/mol. The van der Waals surface area contributed by atoms with Crippen molar-refractivity contribution in [2.75, 3.05) is 26.2 Å². The summed E-state index contributed by atoms with van der Waals surface area (Å²) in [6, 6.07) is 21.7. The van der Waals surface area contributed by atoms with Gasteiger partial charge in [-0.2, -0.15) is 0 Å². The Morgan fingerprint density at radius 1 is 0.815 bits per heavy atom. The molecule has 0 N–H and O–H groups in total. The molecule has 144 valence electrons. The van der Waals surface area contributed by atoms with E-state index in [1.54, 1.807) is 0 Å². The number of benzene rings is 2. The fraction of sp³-hybridized carbons (Fsp3) is 0.458. The first kappa shape index (κ1) is 19.6. The number of unbranched alkanes of at least 4 members (excludes halogenated alkanes) is 3. The molecular weight excluding hydrogens is 332 g/mol. The molecule has 1 heterocycles. The molecule has 0 radical (unpaired) electrons. The molecule has 27 heavy (non-hydrogen) atoms. The van der Waals surface area contributed by atoms with Crippen molar-refractivity contribution < 1.29 is 4.79 Å². The van der Waals surface area contributed by atoms with Gasteiger partial charge in [-0.05, 0) is 17.5 Å². The summed E-state index contributed by atoms with van der Waals surface area (Å²) in [6.07, 6.45) is 5.36. The van der Waals surface area contributed by atoms with E-state index in [-0.39, 0.29) is 6.04 Å². The van der Waals surface area contributed by atoms with Gasteiger partial charge in [0.2, 0.25) is 5.91 Å². The average molecular weight is 365 g/mol. The molecule has 0 aromatic heterocycles. The molecule has 0 spiro atoms. The molecule has 0 bridgehead atoms. The first-order valence-corrected chi connectivity index (χ1v) is 10.4. The van der Waals surface area contributed by atoms with Gasteiger partial charge >= 0.3 is 0 Å². The third-order valence-corrected chi connectivity index (χ3v) is 5.51. The number of hydrogen-bond acceptors (Lipinski definition) is 2. The highest BCUT2D eigenvalue weighted by Crippen LogP contribution is 2.29. The summed E-state index contributed by atoms with van der Waals surface area (Å²) in [5.41, 5.74) is 2.64. The van der Waals surface area contributed by atoms with Crippen molar-refractivity contribution >= 4 is 5.91 Å². The van der Waals surface area contributed by atoms with Crippen LogP contribution >= 0.6 is 0 Å². The van der Waals surface area contributed by atoms with Crippen molar-refractivity contribution in [3.05, 3.63) is 71.8 Å². The lowest BCUT2D eigenvalue weighted by molar-refractivity contribution is -0.133. The summed E-state index contributed by atoms with van der Waals surface area (Å²) in [5, 5.41) is 0. The molecular formula is C24H32N2O. The largest absolute Gasteiger partial charge is 0.340 e. The molecule has 1 aliphatic rings. The third-order valence-electron chi connectivity index (χ3n) is 5.51. The topological polar surface area (TPSA) is 23.6 Å². The lowest BCUT2D eigenvalue weighted by Crippen LogP contribution is -2.49. The van der Waals surface area contributed by atoms with Crippen LogP contribution in [0.15, 0.2) is 60.7 Å². The number of hydrogen-bond donors (Lipinski definition) is 0. The monoisotopic (exact) mass is 364 g/mol. The summed E-state index contributed by atoms with van der Waals surface area (Å²) in [5.74, 6) is 0.335. The number of piperazine rings is 1. The summed E-state index contributed by atoms with van der Waals surface area (Å²) in [4.78, 5) is 17.1. The van der Waals surface area contributed by atoms with E-state index in [0.717, 1.165) is 32.6 Å². The van der Waals surface area contributed by atoms with Gasteiger partial charge in [0, 0.05) is 32.6 Å². The van der Waals surface area contributed by atoms with Gasteiger partial charge in [0.15, 0.2) is 0 Å². The van der Waals surface area contributed by atoms with Crippen LogP contribution < -0.4 is 0 Å². The smallest absolute Gasteiger partial charge is 0.222 e. The van der Waals surface area contributed by atoms with E-state index in [4.69, 9.17) is 0 Å². The van der Waals surface area contributed by atoms with Gasteiger partial charge in [0.25, 0.3) is 0 Å². The zero-order chi connectivity index (χ0) is 18.9. The second kappa shape index (κ2) is 10.3. The van der Waals surface area contributed by atoms with E-state index in [0.29, 0.717) is 12.3 Å². The first-order valence-electron chi connectivity index (χ1n) is 10.4. The van der Waals surface area contributed by atoms with Crippen molar-refractivity contribution in [3.8, 4) is 0 Å². The maximum Gasteiger partial charge on any atom is 0.222 e. The van der Waals surface area contributed by atoms with Gasteiger partial charge in [-0.15, -0.1) is 0 Å². The van der Waals surface area contributed by atoms with Gasteiger partial charge in [-0.3, -0.25) is 9.69 Å². The van der Waals surface area contributed by atoms with Crippen LogP contribution in [0.3, 0.4) is 0 Å². The molecule has 1 amide bonds. The molecule has 1 aliphatic heterocycles. The lowest BCUT2D eigenvalue weighted by Gasteiger charge is -2.40. The molecule has 0 atom stereocenters. The summed E-state index contributed by atoms with van der Waals surface area (Å²) in [6.45, 7) is 5.73. The quantitative estimate of drug-likeness (QED) is 0.623. The minimum absolute atomic E-state index is 0.259. The molecule has 0 saturated carbocycles. The predicted octanol–water partition coefficient (Wildman–Crippen LogP) is 4.89. The Kier molecular flexibility index (Phi) is 7.46. The number of rotatable bonds is 8. The minimum Gasteiger partial charge on any atom is -0.340 e. The normalized spacial score (nSPS) is 15.3. The van der Waals surface area contributed by atoms with Crippen LogP contribution in [0.5, 0.6) is 0 Å². The molecule has 1 saturated heterocycles. The number of amides is 1. The van der Waals surface area contributed by atoms with Crippen LogP contribution in [0, 0.1) is 0 Å². The Labute approximate surface area is 164 Å². The Morgan fingerprint density at radius 2 is 1.37 bits per heavy atom. The molecule has 2 aromatic carbocycles. The van der Waals surface area contributed by atoms with Crippen molar-refractivity contribution in [1.29, 1.82) is 0 Å². The van der Waals surface area contributed by atoms with Crippen LogP contribution in [0.4, 0.5) is 0 Å². The fourth-order valence-electron chi connectivity index (χ4n) is 3.98. The highest BCUT2D eigenvalue weighted by molar-refractivity contribution is 5.76. The number of carbonyl (C=O) groups is 1. The third kappa shape index (κ3) is 5.43. The van der Waals surface area contributed by atoms with E-state index in [1.807, 2.05) is 0 Å². The van der Waals surface area contributed by atoms with E-state index in [9.17, 15) is 4.79 Å². The van der Waals surface area contributed by atoms with Gasteiger partial charge in [-0.1, -0.05) is 86.8 Å². The Hall–Kier alpha value is -2.13. The van der Waals surface area contributed by atoms with E-state index < -0.39 is 0 Å². The Bertz CT molecular complexity index is 639. The SMILES string of the molecule is CCCCCCC(=O)N1CCN(C(c2ccccc2)c2ccccc2)CC1. The van der Waals surface area contributed by atoms with E-state index in [2.05, 4.69) is 77.4 Å². The molecule has 1 fully saturated rings.